The first-order chi connectivity index (χ1) is 9.28. The van der Waals surface area contributed by atoms with Gasteiger partial charge in [0.1, 0.15) is 5.82 Å². The van der Waals surface area contributed by atoms with Crippen LogP contribution in [0.15, 0.2) is 12.3 Å². The number of rotatable bonds is 7. The van der Waals surface area contributed by atoms with E-state index in [1.54, 1.807) is 0 Å². The van der Waals surface area contributed by atoms with Crippen molar-refractivity contribution >= 4 is 17.4 Å². The van der Waals surface area contributed by atoms with Crippen molar-refractivity contribution in [3.8, 4) is 0 Å². The lowest BCUT2D eigenvalue weighted by atomic mass is 10.2. The predicted molar refractivity (Wildman–Crippen MR) is 79.7 cm³/mol. The van der Waals surface area contributed by atoms with Crippen LogP contribution in [0.5, 0.6) is 0 Å². The third-order valence-corrected chi connectivity index (χ3v) is 4.15. The molecule has 1 heterocycles. The molecule has 0 atom stereocenters. The van der Waals surface area contributed by atoms with Crippen LogP contribution in [0.25, 0.3) is 0 Å². The van der Waals surface area contributed by atoms with Gasteiger partial charge in [0.2, 0.25) is 0 Å². The molecule has 0 spiro atoms. The lowest BCUT2D eigenvalue weighted by Crippen LogP contribution is -2.29. The Labute approximate surface area is 120 Å². The van der Waals surface area contributed by atoms with E-state index in [-0.39, 0.29) is 0 Å². The Hall–Kier alpha value is -0.800. The van der Waals surface area contributed by atoms with Gasteiger partial charge in [-0.25, -0.2) is 4.98 Å². The Morgan fingerprint density at radius 1 is 1.37 bits per heavy atom. The van der Waals surface area contributed by atoms with Crippen LogP contribution in [-0.2, 0) is 6.54 Å². The minimum Gasteiger partial charge on any atom is -0.352 e. The minimum atomic E-state index is 0.685. The van der Waals surface area contributed by atoms with Gasteiger partial charge in [-0.3, -0.25) is 0 Å². The van der Waals surface area contributed by atoms with E-state index in [2.05, 4.69) is 28.2 Å². The number of hydrogen-bond acceptors (Lipinski definition) is 3. The Kier molecular flexibility index (Phi) is 3.94. The van der Waals surface area contributed by atoms with Crippen LogP contribution in [-0.4, -0.2) is 24.1 Å². The summed E-state index contributed by atoms with van der Waals surface area (Å²) in [4.78, 5) is 7.07. The third kappa shape index (κ3) is 3.40. The molecule has 3 rings (SSSR count). The minimum absolute atomic E-state index is 0.685. The quantitative estimate of drug-likeness (QED) is 0.831. The zero-order valence-electron chi connectivity index (χ0n) is 11.5. The van der Waals surface area contributed by atoms with Crippen molar-refractivity contribution in [3.63, 3.8) is 0 Å². The Bertz CT molecular complexity index is 441. The van der Waals surface area contributed by atoms with E-state index in [1.165, 1.54) is 25.7 Å². The van der Waals surface area contributed by atoms with E-state index in [4.69, 9.17) is 11.6 Å². The Morgan fingerprint density at radius 2 is 2.16 bits per heavy atom. The van der Waals surface area contributed by atoms with E-state index in [0.29, 0.717) is 6.04 Å². The van der Waals surface area contributed by atoms with E-state index < -0.39 is 0 Å². The molecule has 1 N–H and O–H groups in total. The van der Waals surface area contributed by atoms with Crippen LogP contribution in [0.3, 0.4) is 0 Å². The van der Waals surface area contributed by atoms with Crippen LogP contribution in [0.1, 0.15) is 38.2 Å². The topological polar surface area (TPSA) is 28.2 Å². The molecule has 2 saturated carbocycles. The van der Waals surface area contributed by atoms with Crippen molar-refractivity contribution in [2.24, 2.45) is 5.92 Å². The summed E-state index contributed by atoms with van der Waals surface area (Å²) in [7, 11) is 0. The molecule has 1 aromatic heterocycles. The second-order valence-electron chi connectivity index (χ2n) is 5.76. The van der Waals surface area contributed by atoms with Crippen LogP contribution in [0, 0.1) is 5.92 Å². The second kappa shape index (κ2) is 5.68. The fraction of sp³-hybridized carbons (Fsp3) is 0.667. The molecule has 0 amide bonds. The number of aromatic nitrogens is 1. The first kappa shape index (κ1) is 13.2. The molecule has 2 aliphatic carbocycles. The lowest BCUT2D eigenvalue weighted by molar-refractivity contribution is 0.703. The van der Waals surface area contributed by atoms with Crippen molar-refractivity contribution in [1.82, 2.24) is 10.3 Å². The number of halogens is 1. The average molecular weight is 280 g/mol. The van der Waals surface area contributed by atoms with Gasteiger partial charge in [0, 0.05) is 25.3 Å². The van der Waals surface area contributed by atoms with Gasteiger partial charge in [0.15, 0.2) is 0 Å². The highest BCUT2D eigenvalue weighted by Gasteiger charge is 2.35. The number of anilines is 1. The molecule has 2 fully saturated rings. The van der Waals surface area contributed by atoms with Gasteiger partial charge in [-0.2, -0.15) is 0 Å². The fourth-order valence-corrected chi connectivity index (χ4v) is 2.72. The first-order valence-corrected chi connectivity index (χ1v) is 7.77. The smallest absolute Gasteiger partial charge is 0.147 e. The number of pyridine rings is 1. The van der Waals surface area contributed by atoms with Crippen molar-refractivity contribution in [2.75, 3.05) is 18.0 Å². The second-order valence-corrected chi connectivity index (χ2v) is 6.16. The largest absolute Gasteiger partial charge is 0.352 e. The highest BCUT2D eigenvalue weighted by atomic mass is 35.5. The van der Waals surface area contributed by atoms with E-state index in [1.807, 2.05) is 6.20 Å². The zero-order valence-corrected chi connectivity index (χ0v) is 12.3. The molecule has 0 bridgehead atoms. The summed E-state index contributed by atoms with van der Waals surface area (Å²) in [5.74, 6) is 1.87. The molecular formula is C15H22ClN3. The summed E-state index contributed by atoms with van der Waals surface area (Å²) in [6.07, 6.45) is 7.30. The van der Waals surface area contributed by atoms with Crippen molar-refractivity contribution in [2.45, 2.75) is 45.2 Å². The molecule has 19 heavy (non-hydrogen) atoms. The average Bonchev–Trinajstić information content (AvgIpc) is 3.27. The summed E-state index contributed by atoms with van der Waals surface area (Å²) in [5, 5.41) is 4.11. The van der Waals surface area contributed by atoms with Gasteiger partial charge in [-0.1, -0.05) is 18.5 Å². The van der Waals surface area contributed by atoms with Gasteiger partial charge in [0.05, 0.1) is 5.02 Å². The van der Waals surface area contributed by atoms with Crippen LogP contribution in [0.2, 0.25) is 5.02 Å². The van der Waals surface area contributed by atoms with Crippen molar-refractivity contribution < 1.29 is 0 Å². The molecule has 104 valence electrons. The molecule has 2 aliphatic rings. The SMILES string of the molecule is CCNCc1cnc(N(CC2CC2)C2CC2)c(Cl)c1. The normalized spacial score (nSPS) is 18.6. The van der Waals surface area contributed by atoms with E-state index >= 15 is 0 Å². The molecule has 3 nitrogen and oxygen atoms in total. The van der Waals surface area contributed by atoms with E-state index in [0.717, 1.165) is 42.0 Å². The van der Waals surface area contributed by atoms with Gasteiger partial charge in [-0.05, 0) is 49.8 Å². The Balaban J connectivity index is 1.74. The maximum Gasteiger partial charge on any atom is 0.147 e. The van der Waals surface area contributed by atoms with Gasteiger partial charge in [0.25, 0.3) is 0 Å². The maximum absolute atomic E-state index is 6.45. The molecule has 4 heteroatoms. The summed E-state index contributed by atoms with van der Waals surface area (Å²) < 4.78 is 0. The maximum atomic E-state index is 6.45. The van der Waals surface area contributed by atoms with Crippen molar-refractivity contribution in [1.29, 1.82) is 0 Å². The zero-order chi connectivity index (χ0) is 13.2. The standard InChI is InChI=1S/C15H22ClN3/c1-2-17-8-12-7-14(16)15(18-9-12)19(13-5-6-13)10-11-3-4-11/h7,9,11,13,17H,2-6,8,10H2,1H3. The first-order valence-electron chi connectivity index (χ1n) is 7.39. The highest BCUT2D eigenvalue weighted by molar-refractivity contribution is 6.33. The molecular weight excluding hydrogens is 258 g/mol. The summed E-state index contributed by atoms with van der Waals surface area (Å²) in [5.41, 5.74) is 1.16. The lowest BCUT2D eigenvalue weighted by Gasteiger charge is -2.24. The molecule has 0 aromatic carbocycles. The monoisotopic (exact) mass is 279 g/mol. The molecule has 1 aromatic rings. The van der Waals surface area contributed by atoms with Crippen LogP contribution >= 0.6 is 11.6 Å². The molecule has 0 saturated heterocycles. The van der Waals surface area contributed by atoms with E-state index in [9.17, 15) is 0 Å². The summed E-state index contributed by atoms with van der Waals surface area (Å²) in [6, 6.07) is 2.75. The molecule has 0 aliphatic heterocycles. The molecule has 0 radical (unpaired) electrons. The number of nitrogens with zero attached hydrogens (tertiary/aromatic N) is 2. The Morgan fingerprint density at radius 3 is 2.74 bits per heavy atom. The molecule has 0 unspecified atom stereocenters. The van der Waals surface area contributed by atoms with Crippen molar-refractivity contribution in [3.05, 3.63) is 22.8 Å². The summed E-state index contributed by atoms with van der Waals surface area (Å²) in [6.45, 7) is 5.06. The highest BCUT2D eigenvalue weighted by Crippen LogP contribution is 2.39. The number of hydrogen-bond donors (Lipinski definition) is 1. The predicted octanol–water partition coefficient (Wildman–Crippen LogP) is 3.22. The van der Waals surface area contributed by atoms with Crippen LogP contribution < -0.4 is 10.2 Å². The van der Waals surface area contributed by atoms with Gasteiger partial charge in [-0.15, -0.1) is 0 Å². The summed E-state index contributed by atoms with van der Waals surface area (Å²) >= 11 is 6.45. The van der Waals surface area contributed by atoms with Crippen LogP contribution in [0.4, 0.5) is 5.82 Å². The third-order valence-electron chi connectivity index (χ3n) is 3.87. The van der Waals surface area contributed by atoms with Gasteiger partial charge < -0.3 is 10.2 Å². The number of nitrogens with one attached hydrogen (secondary N) is 1. The van der Waals surface area contributed by atoms with Gasteiger partial charge >= 0.3 is 0 Å². The fourth-order valence-electron chi connectivity index (χ4n) is 2.42.